The van der Waals surface area contributed by atoms with Crippen LogP contribution in [-0.4, -0.2) is 52.7 Å². The summed E-state index contributed by atoms with van der Waals surface area (Å²) >= 11 is 0. The van der Waals surface area contributed by atoms with E-state index in [1.807, 2.05) is 49.5 Å². The van der Waals surface area contributed by atoms with E-state index < -0.39 is 11.7 Å². The van der Waals surface area contributed by atoms with E-state index in [1.54, 1.807) is 11.0 Å². The van der Waals surface area contributed by atoms with Crippen LogP contribution in [0.25, 0.3) is 22.2 Å². The molecule has 156 valence electrons. The van der Waals surface area contributed by atoms with E-state index in [0.717, 1.165) is 28.2 Å². The minimum Gasteiger partial charge on any atom is -0.367 e. The van der Waals surface area contributed by atoms with Gasteiger partial charge in [0.15, 0.2) is 0 Å². The van der Waals surface area contributed by atoms with Crippen LogP contribution in [0.2, 0.25) is 0 Å². The highest BCUT2D eigenvalue weighted by atomic mass is 16.2. The van der Waals surface area contributed by atoms with Crippen molar-refractivity contribution in [3.05, 3.63) is 78.1 Å². The number of amides is 1. The van der Waals surface area contributed by atoms with Crippen LogP contribution in [0.4, 0.5) is 5.69 Å². The fourth-order valence-electron chi connectivity index (χ4n) is 4.32. The van der Waals surface area contributed by atoms with Crippen molar-refractivity contribution in [2.24, 2.45) is 0 Å². The number of nitrogens with zero attached hydrogens (tertiary/aromatic N) is 2. The number of hydrogen-bond donors (Lipinski definition) is 2. The molecular weight excluding hydrogens is 388 g/mol. The van der Waals surface area contributed by atoms with Crippen LogP contribution < -0.4 is 4.90 Å². The second kappa shape index (κ2) is 7.80. The number of aromatic nitrogens is 2. The van der Waals surface area contributed by atoms with Crippen molar-refractivity contribution < 1.29 is 9.59 Å². The summed E-state index contributed by atoms with van der Waals surface area (Å²) in [5.41, 5.74) is 5.26. The Morgan fingerprint density at radius 2 is 1.68 bits per heavy atom. The fourth-order valence-corrected chi connectivity index (χ4v) is 4.32. The molecule has 0 aliphatic carbocycles. The van der Waals surface area contributed by atoms with Crippen molar-refractivity contribution in [1.82, 2.24) is 14.9 Å². The Bertz CT molecular complexity index is 1250. The van der Waals surface area contributed by atoms with Crippen LogP contribution in [0.15, 0.2) is 66.9 Å². The van der Waals surface area contributed by atoms with Crippen molar-refractivity contribution >= 4 is 28.3 Å². The number of rotatable bonds is 4. The minimum absolute atomic E-state index is 0.429. The van der Waals surface area contributed by atoms with Crippen molar-refractivity contribution in [2.75, 3.05) is 31.1 Å². The number of carbonyl (C=O) groups excluding carboxylic acids is 2. The van der Waals surface area contributed by atoms with Gasteiger partial charge in [0.05, 0.1) is 0 Å². The normalized spacial score (nSPS) is 14.2. The first-order chi connectivity index (χ1) is 15.1. The predicted octanol–water partition coefficient (Wildman–Crippen LogP) is 4.00. The highest BCUT2D eigenvalue weighted by molar-refractivity contribution is 6.43. The summed E-state index contributed by atoms with van der Waals surface area (Å²) in [6, 6.07) is 19.9. The third-order valence-electron chi connectivity index (χ3n) is 6.02. The SMILES string of the molecule is Cc1[nH]c(-c2ccccc2)cc1C(=O)C(=O)N1CCN(c2cccc3[nH]ccc23)CC1. The summed E-state index contributed by atoms with van der Waals surface area (Å²) in [7, 11) is 0. The lowest BCUT2D eigenvalue weighted by Gasteiger charge is -2.36. The summed E-state index contributed by atoms with van der Waals surface area (Å²) in [5.74, 6) is -0.877. The molecule has 31 heavy (non-hydrogen) atoms. The number of nitrogens with one attached hydrogen (secondary N) is 2. The second-order valence-corrected chi connectivity index (χ2v) is 7.91. The topological polar surface area (TPSA) is 72.2 Å². The maximum absolute atomic E-state index is 13.0. The number of hydrogen-bond acceptors (Lipinski definition) is 3. The zero-order valence-electron chi connectivity index (χ0n) is 17.4. The maximum atomic E-state index is 13.0. The molecule has 1 fully saturated rings. The van der Waals surface area contributed by atoms with E-state index in [9.17, 15) is 9.59 Å². The van der Waals surface area contributed by atoms with Gasteiger partial charge in [-0.25, -0.2) is 0 Å². The van der Waals surface area contributed by atoms with Crippen molar-refractivity contribution in [1.29, 1.82) is 0 Å². The molecule has 1 saturated heterocycles. The van der Waals surface area contributed by atoms with E-state index in [4.69, 9.17) is 0 Å². The number of piperazine rings is 1. The van der Waals surface area contributed by atoms with Crippen LogP contribution in [0.1, 0.15) is 16.1 Å². The lowest BCUT2D eigenvalue weighted by molar-refractivity contribution is -0.126. The molecule has 5 rings (SSSR count). The number of anilines is 1. The van der Waals surface area contributed by atoms with Crippen molar-refractivity contribution in [3.8, 4) is 11.3 Å². The fraction of sp³-hybridized carbons (Fsp3) is 0.200. The zero-order valence-corrected chi connectivity index (χ0v) is 17.4. The van der Waals surface area contributed by atoms with Gasteiger partial charge in [0.2, 0.25) is 0 Å². The summed E-state index contributed by atoms with van der Waals surface area (Å²) in [4.78, 5) is 36.3. The van der Waals surface area contributed by atoms with Gasteiger partial charge in [-0.15, -0.1) is 0 Å². The van der Waals surface area contributed by atoms with Crippen LogP contribution in [0.3, 0.4) is 0 Å². The third kappa shape index (κ3) is 3.50. The summed E-state index contributed by atoms with van der Waals surface area (Å²) in [6.07, 6.45) is 1.94. The number of H-pyrrole nitrogens is 2. The molecule has 0 spiro atoms. The first-order valence-corrected chi connectivity index (χ1v) is 10.5. The van der Waals surface area contributed by atoms with Crippen LogP contribution in [0, 0.1) is 6.92 Å². The molecule has 0 saturated carbocycles. The lowest BCUT2D eigenvalue weighted by Crippen LogP contribution is -2.50. The number of fused-ring (bicyclic) bond motifs is 1. The van der Waals surface area contributed by atoms with E-state index in [0.29, 0.717) is 31.7 Å². The molecule has 3 heterocycles. The smallest absolute Gasteiger partial charge is 0.295 e. The van der Waals surface area contributed by atoms with E-state index in [2.05, 4.69) is 33.1 Å². The molecule has 6 heteroatoms. The minimum atomic E-state index is -0.447. The van der Waals surface area contributed by atoms with Gasteiger partial charge in [-0.3, -0.25) is 9.59 Å². The highest BCUT2D eigenvalue weighted by Crippen LogP contribution is 2.27. The van der Waals surface area contributed by atoms with Crippen molar-refractivity contribution in [3.63, 3.8) is 0 Å². The predicted molar refractivity (Wildman–Crippen MR) is 122 cm³/mol. The molecule has 2 N–H and O–H groups in total. The van der Waals surface area contributed by atoms with Gasteiger partial charge >= 0.3 is 0 Å². The molecular formula is C25H24N4O2. The van der Waals surface area contributed by atoms with Gasteiger partial charge in [0.1, 0.15) is 0 Å². The number of benzene rings is 2. The molecule has 0 atom stereocenters. The van der Waals surface area contributed by atoms with E-state index in [1.165, 1.54) is 5.39 Å². The third-order valence-corrected chi connectivity index (χ3v) is 6.02. The zero-order chi connectivity index (χ0) is 21.4. The number of aryl methyl sites for hydroxylation is 1. The second-order valence-electron chi connectivity index (χ2n) is 7.91. The maximum Gasteiger partial charge on any atom is 0.295 e. The van der Waals surface area contributed by atoms with E-state index in [-0.39, 0.29) is 0 Å². The monoisotopic (exact) mass is 412 g/mol. The molecule has 6 nitrogen and oxygen atoms in total. The van der Waals surface area contributed by atoms with Gasteiger partial charge in [0, 0.05) is 65.9 Å². The molecule has 2 aromatic carbocycles. The van der Waals surface area contributed by atoms with Gasteiger partial charge in [-0.05, 0) is 36.8 Å². The Balaban J connectivity index is 1.29. The van der Waals surface area contributed by atoms with Crippen LogP contribution >= 0.6 is 0 Å². The summed E-state index contributed by atoms with van der Waals surface area (Å²) < 4.78 is 0. The Hall–Kier alpha value is -3.80. The van der Waals surface area contributed by atoms with Gasteiger partial charge in [0.25, 0.3) is 11.7 Å². The number of ketones is 1. The molecule has 2 aromatic heterocycles. The first-order valence-electron chi connectivity index (χ1n) is 10.5. The lowest BCUT2D eigenvalue weighted by atomic mass is 10.1. The number of aromatic amines is 2. The Labute approximate surface area is 180 Å². The quantitative estimate of drug-likeness (QED) is 0.393. The first kappa shape index (κ1) is 19.2. The average molecular weight is 412 g/mol. The Morgan fingerprint density at radius 3 is 2.45 bits per heavy atom. The largest absolute Gasteiger partial charge is 0.367 e. The molecule has 1 aliphatic heterocycles. The number of carbonyl (C=O) groups is 2. The summed E-state index contributed by atoms with van der Waals surface area (Å²) in [5, 5.41) is 1.18. The highest BCUT2D eigenvalue weighted by Gasteiger charge is 2.29. The molecule has 0 radical (unpaired) electrons. The van der Waals surface area contributed by atoms with Crippen LogP contribution in [-0.2, 0) is 4.79 Å². The Morgan fingerprint density at radius 1 is 0.903 bits per heavy atom. The molecule has 1 aliphatic rings. The van der Waals surface area contributed by atoms with Gasteiger partial charge in [-0.2, -0.15) is 0 Å². The van der Waals surface area contributed by atoms with Crippen molar-refractivity contribution in [2.45, 2.75) is 6.92 Å². The summed E-state index contributed by atoms with van der Waals surface area (Å²) in [6.45, 7) is 4.29. The average Bonchev–Trinajstić information content (AvgIpc) is 3.45. The molecule has 1 amide bonds. The van der Waals surface area contributed by atoms with E-state index >= 15 is 0 Å². The van der Waals surface area contributed by atoms with Gasteiger partial charge in [-0.1, -0.05) is 36.4 Å². The van der Waals surface area contributed by atoms with Crippen LogP contribution in [0.5, 0.6) is 0 Å². The van der Waals surface area contributed by atoms with Gasteiger partial charge < -0.3 is 19.8 Å². The number of Topliss-reactive ketones (excluding diaryl/α,β-unsaturated/α-hetero) is 1. The molecule has 4 aromatic rings. The molecule has 0 bridgehead atoms. The molecule has 0 unspecified atom stereocenters. The standard InChI is InChI=1S/C25H24N4O2/c1-17-20(16-22(27-17)18-6-3-2-4-7-18)24(30)25(31)29-14-12-28(13-15-29)23-9-5-8-21-19(23)10-11-26-21/h2-11,16,26-27H,12-15H2,1H3. The Kier molecular flexibility index (Phi) is 4.82.